The summed E-state index contributed by atoms with van der Waals surface area (Å²) < 4.78 is 5.50. The fraction of sp³-hybridized carbons (Fsp3) is 0.400. The fourth-order valence-electron chi connectivity index (χ4n) is 0.638. The van der Waals surface area contributed by atoms with Crippen molar-refractivity contribution >= 4 is 11.9 Å². The van der Waals surface area contributed by atoms with Crippen LogP contribution < -0.4 is 11.6 Å². The zero-order valence-electron chi connectivity index (χ0n) is 6.52. The summed E-state index contributed by atoms with van der Waals surface area (Å²) in [6.45, 7) is 1.93. The summed E-state index contributed by atoms with van der Waals surface area (Å²) in [5.41, 5.74) is 5.23. The van der Waals surface area contributed by atoms with E-state index in [9.17, 15) is 4.79 Å². The molecular weight excluding hydrogens is 162 g/mol. The minimum absolute atomic E-state index is 0.0296. The van der Waals surface area contributed by atoms with Crippen LogP contribution in [0.15, 0.2) is 0 Å². The molecule has 7 heteroatoms. The van der Waals surface area contributed by atoms with Crippen molar-refractivity contribution in [1.82, 2.24) is 14.9 Å². The highest BCUT2D eigenvalue weighted by atomic mass is 16.5. The third-order valence-electron chi connectivity index (χ3n) is 1.18. The number of nitrogens with two attached hydrogens (primary N) is 2. The Bertz CT molecular complexity index is 294. The lowest BCUT2D eigenvalue weighted by Gasteiger charge is -1.99. The molecule has 4 N–H and O–H groups in total. The van der Waals surface area contributed by atoms with E-state index in [2.05, 4.69) is 14.9 Å². The summed E-state index contributed by atoms with van der Waals surface area (Å²) >= 11 is 0. The van der Waals surface area contributed by atoms with Crippen LogP contribution in [0.3, 0.4) is 0 Å². The summed E-state index contributed by atoms with van der Waals surface area (Å²) in [7, 11) is 0. The monoisotopic (exact) mass is 171 g/mol. The Labute approximate surface area is 68.3 Å². The number of rotatable bonds is 2. The van der Waals surface area contributed by atoms with E-state index in [0.717, 1.165) is 4.68 Å². The number of hydrogen-bond donors (Lipinski definition) is 2. The van der Waals surface area contributed by atoms with Crippen molar-refractivity contribution in [1.29, 1.82) is 0 Å². The Morgan fingerprint density at radius 1 is 1.67 bits per heavy atom. The highest BCUT2D eigenvalue weighted by molar-refractivity contribution is 5.85. The van der Waals surface area contributed by atoms with Gasteiger partial charge in [-0.3, -0.25) is 0 Å². The lowest BCUT2D eigenvalue weighted by Crippen LogP contribution is -2.20. The van der Waals surface area contributed by atoms with Gasteiger partial charge < -0.3 is 16.3 Å². The average Bonchev–Trinajstić information content (AvgIpc) is 2.34. The van der Waals surface area contributed by atoms with Gasteiger partial charge in [0.05, 0.1) is 6.61 Å². The average molecular weight is 171 g/mol. The van der Waals surface area contributed by atoms with Crippen molar-refractivity contribution in [2.45, 2.75) is 6.92 Å². The van der Waals surface area contributed by atoms with Crippen LogP contribution in [0.4, 0.5) is 5.95 Å². The lowest BCUT2D eigenvalue weighted by atomic mass is 10.6. The van der Waals surface area contributed by atoms with Gasteiger partial charge in [0.15, 0.2) is 0 Å². The molecule has 0 amide bonds. The number of ether oxygens (including phenoxy) is 1. The second kappa shape index (κ2) is 3.07. The zero-order valence-corrected chi connectivity index (χ0v) is 6.52. The van der Waals surface area contributed by atoms with Gasteiger partial charge in [-0.15, -0.1) is 10.2 Å². The molecule has 0 radical (unpaired) electrons. The van der Waals surface area contributed by atoms with Gasteiger partial charge in [0, 0.05) is 0 Å². The van der Waals surface area contributed by atoms with E-state index in [4.69, 9.17) is 11.6 Å². The first-order valence-electron chi connectivity index (χ1n) is 3.30. The number of hydrogen-bond acceptors (Lipinski definition) is 6. The Balaban J connectivity index is 2.88. The normalized spacial score (nSPS) is 9.75. The SMILES string of the molecule is CCOC(=O)c1nnc(N)n1N. The predicted molar refractivity (Wildman–Crippen MR) is 40.5 cm³/mol. The van der Waals surface area contributed by atoms with E-state index in [-0.39, 0.29) is 18.4 Å². The van der Waals surface area contributed by atoms with E-state index < -0.39 is 5.97 Å². The van der Waals surface area contributed by atoms with Crippen LogP contribution in [0.5, 0.6) is 0 Å². The standard InChI is InChI=1S/C5H9N5O2/c1-2-12-4(11)3-8-9-5(6)10(3)7/h2,7H2,1H3,(H2,6,9). The number of anilines is 1. The number of carbonyl (C=O) groups excluding carboxylic acids is 1. The molecule has 0 saturated carbocycles. The summed E-state index contributed by atoms with van der Waals surface area (Å²) in [4.78, 5) is 11.0. The van der Waals surface area contributed by atoms with Gasteiger partial charge in [0.25, 0.3) is 5.82 Å². The van der Waals surface area contributed by atoms with Crippen LogP contribution in [-0.2, 0) is 4.74 Å². The third kappa shape index (κ3) is 1.29. The number of carbonyl (C=O) groups is 1. The molecule has 0 bridgehead atoms. The Morgan fingerprint density at radius 3 is 2.75 bits per heavy atom. The maximum absolute atomic E-state index is 11.0. The molecule has 0 unspecified atom stereocenters. The van der Waals surface area contributed by atoms with E-state index >= 15 is 0 Å². The van der Waals surface area contributed by atoms with Gasteiger partial charge >= 0.3 is 5.97 Å². The molecule has 0 aliphatic rings. The molecule has 7 nitrogen and oxygen atoms in total. The Kier molecular flexibility index (Phi) is 2.13. The van der Waals surface area contributed by atoms with Crippen molar-refractivity contribution in [2.75, 3.05) is 18.2 Å². The van der Waals surface area contributed by atoms with Gasteiger partial charge in [0.2, 0.25) is 5.95 Å². The second-order valence-corrected chi connectivity index (χ2v) is 1.97. The number of esters is 1. The summed E-state index contributed by atoms with van der Waals surface area (Å²) in [5.74, 6) is 4.53. The second-order valence-electron chi connectivity index (χ2n) is 1.97. The highest BCUT2D eigenvalue weighted by Crippen LogP contribution is 1.99. The predicted octanol–water partition coefficient (Wildman–Crippen LogP) is -1.25. The first-order chi connectivity index (χ1) is 5.66. The van der Waals surface area contributed by atoms with E-state index in [0.29, 0.717) is 0 Å². The summed E-state index contributed by atoms with van der Waals surface area (Å²) in [6, 6.07) is 0. The highest BCUT2D eigenvalue weighted by Gasteiger charge is 2.15. The summed E-state index contributed by atoms with van der Waals surface area (Å²) in [6.07, 6.45) is 0. The molecule has 1 aromatic rings. The molecule has 1 rings (SSSR count). The van der Waals surface area contributed by atoms with Crippen LogP contribution in [0, 0.1) is 0 Å². The molecule has 1 aromatic heterocycles. The topological polar surface area (TPSA) is 109 Å². The van der Waals surface area contributed by atoms with Crippen molar-refractivity contribution in [3.05, 3.63) is 5.82 Å². The molecule has 0 aromatic carbocycles. The Hall–Kier alpha value is -1.79. The number of nitrogens with zero attached hydrogens (tertiary/aromatic N) is 3. The van der Waals surface area contributed by atoms with Gasteiger partial charge in [-0.1, -0.05) is 0 Å². The van der Waals surface area contributed by atoms with Crippen molar-refractivity contribution in [2.24, 2.45) is 0 Å². The van der Waals surface area contributed by atoms with Crippen LogP contribution in [-0.4, -0.2) is 27.4 Å². The largest absolute Gasteiger partial charge is 0.460 e. The molecule has 12 heavy (non-hydrogen) atoms. The van der Waals surface area contributed by atoms with Crippen molar-refractivity contribution < 1.29 is 9.53 Å². The third-order valence-corrected chi connectivity index (χ3v) is 1.18. The molecule has 0 aliphatic heterocycles. The number of nitrogen functional groups attached to an aromatic ring is 2. The van der Waals surface area contributed by atoms with Gasteiger partial charge in [-0.05, 0) is 6.92 Å². The first kappa shape index (κ1) is 8.31. The zero-order chi connectivity index (χ0) is 9.14. The van der Waals surface area contributed by atoms with E-state index in [1.54, 1.807) is 6.92 Å². The molecule has 1 heterocycles. The quantitative estimate of drug-likeness (QED) is 0.425. The van der Waals surface area contributed by atoms with Gasteiger partial charge in [-0.25, -0.2) is 9.47 Å². The molecular formula is C5H9N5O2. The van der Waals surface area contributed by atoms with Crippen molar-refractivity contribution in [3.8, 4) is 0 Å². The van der Waals surface area contributed by atoms with Crippen LogP contribution in [0.25, 0.3) is 0 Å². The molecule has 66 valence electrons. The Morgan fingerprint density at radius 2 is 2.33 bits per heavy atom. The number of aromatic nitrogens is 3. The summed E-state index contributed by atoms with van der Waals surface area (Å²) in [5, 5.41) is 6.81. The first-order valence-corrected chi connectivity index (χ1v) is 3.30. The van der Waals surface area contributed by atoms with Gasteiger partial charge in [-0.2, -0.15) is 0 Å². The fourth-order valence-corrected chi connectivity index (χ4v) is 0.638. The van der Waals surface area contributed by atoms with Crippen LogP contribution >= 0.6 is 0 Å². The maximum atomic E-state index is 11.0. The smallest absolute Gasteiger partial charge is 0.378 e. The van der Waals surface area contributed by atoms with Crippen LogP contribution in [0.1, 0.15) is 17.5 Å². The maximum Gasteiger partial charge on any atom is 0.378 e. The van der Waals surface area contributed by atoms with E-state index in [1.165, 1.54) is 0 Å². The molecule has 0 aliphatic carbocycles. The minimum atomic E-state index is -0.635. The molecule has 0 saturated heterocycles. The molecule has 0 spiro atoms. The molecule has 0 atom stereocenters. The van der Waals surface area contributed by atoms with E-state index in [1.807, 2.05) is 0 Å². The lowest BCUT2D eigenvalue weighted by molar-refractivity contribution is 0.0508. The minimum Gasteiger partial charge on any atom is -0.460 e. The van der Waals surface area contributed by atoms with Crippen molar-refractivity contribution in [3.63, 3.8) is 0 Å². The molecule has 0 fully saturated rings. The van der Waals surface area contributed by atoms with Crippen LogP contribution in [0.2, 0.25) is 0 Å². The van der Waals surface area contributed by atoms with Gasteiger partial charge in [0.1, 0.15) is 0 Å².